The highest BCUT2D eigenvalue weighted by molar-refractivity contribution is 6.34. The predicted molar refractivity (Wildman–Crippen MR) is 68.4 cm³/mol. The van der Waals surface area contributed by atoms with Gasteiger partial charge < -0.3 is 5.32 Å². The molecule has 0 aliphatic rings. The van der Waals surface area contributed by atoms with Crippen LogP contribution in [0.15, 0.2) is 42.6 Å². The van der Waals surface area contributed by atoms with Gasteiger partial charge in [-0.15, -0.1) is 0 Å². The fraction of sp³-hybridized carbons (Fsp3) is 0.0769. The SMILES string of the molecule is Cc1ccc(Cl)c(C(=O)Nc2ccccn2)c1. The zero-order valence-corrected chi connectivity index (χ0v) is 10.0. The lowest BCUT2D eigenvalue weighted by atomic mass is 10.1. The van der Waals surface area contributed by atoms with Crippen molar-refractivity contribution in [2.75, 3.05) is 5.32 Å². The van der Waals surface area contributed by atoms with Crippen LogP contribution in [-0.4, -0.2) is 10.9 Å². The molecule has 0 spiro atoms. The van der Waals surface area contributed by atoms with E-state index in [1.165, 1.54) is 0 Å². The van der Waals surface area contributed by atoms with E-state index in [9.17, 15) is 4.79 Å². The van der Waals surface area contributed by atoms with Crippen LogP contribution >= 0.6 is 11.6 Å². The molecule has 2 rings (SSSR count). The second-order valence-corrected chi connectivity index (χ2v) is 4.06. The molecule has 2 aromatic rings. The van der Waals surface area contributed by atoms with E-state index in [0.29, 0.717) is 16.4 Å². The van der Waals surface area contributed by atoms with Crippen LogP contribution in [0.25, 0.3) is 0 Å². The predicted octanol–water partition coefficient (Wildman–Crippen LogP) is 3.30. The third-order valence-corrected chi connectivity index (χ3v) is 2.60. The van der Waals surface area contributed by atoms with Crippen molar-refractivity contribution in [1.29, 1.82) is 0 Å². The number of benzene rings is 1. The largest absolute Gasteiger partial charge is 0.307 e. The summed E-state index contributed by atoms with van der Waals surface area (Å²) in [6, 6.07) is 10.6. The average Bonchev–Trinajstić information content (AvgIpc) is 2.33. The summed E-state index contributed by atoms with van der Waals surface area (Å²) in [5.74, 6) is 0.257. The number of halogens is 1. The summed E-state index contributed by atoms with van der Waals surface area (Å²) in [7, 11) is 0. The van der Waals surface area contributed by atoms with Gasteiger partial charge >= 0.3 is 0 Å². The summed E-state index contributed by atoms with van der Waals surface area (Å²) in [5.41, 5.74) is 1.44. The first-order valence-electron chi connectivity index (χ1n) is 5.15. The topological polar surface area (TPSA) is 42.0 Å². The fourth-order valence-corrected chi connectivity index (χ4v) is 1.64. The first-order chi connectivity index (χ1) is 8.16. The Labute approximate surface area is 104 Å². The lowest BCUT2D eigenvalue weighted by molar-refractivity contribution is 0.102. The van der Waals surface area contributed by atoms with E-state index in [-0.39, 0.29) is 5.91 Å². The van der Waals surface area contributed by atoms with Gasteiger partial charge in [0.05, 0.1) is 10.6 Å². The molecule has 1 aromatic carbocycles. The Kier molecular flexibility index (Phi) is 3.40. The molecule has 0 radical (unpaired) electrons. The van der Waals surface area contributed by atoms with Crippen molar-refractivity contribution in [2.45, 2.75) is 6.92 Å². The van der Waals surface area contributed by atoms with Gasteiger partial charge in [0.2, 0.25) is 0 Å². The maximum Gasteiger partial charge on any atom is 0.258 e. The molecule has 0 saturated carbocycles. The van der Waals surface area contributed by atoms with Crippen LogP contribution in [0, 0.1) is 6.92 Å². The van der Waals surface area contributed by atoms with Crippen LogP contribution in [0.2, 0.25) is 5.02 Å². The fourth-order valence-electron chi connectivity index (χ4n) is 1.43. The number of pyridine rings is 1. The van der Waals surface area contributed by atoms with E-state index in [2.05, 4.69) is 10.3 Å². The lowest BCUT2D eigenvalue weighted by Crippen LogP contribution is -2.13. The van der Waals surface area contributed by atoms with E-state index < -0.39 is 0 Å². The van der Waals surface area contributed by atoms with Gasteiger partial charge in [0.25, 0.3) is 5.91 Å². The van der Waals surface area contributed by atoms with E-state index in [4.69, 9.17) is 11.6 Å². The summed E-state index contributed by atoms with van der Waals surface area (Å²) in [5, 5.41) is 3.13. The monoisotopic (exact) mass is 246 g/mol. The molecule has 0 aliphatic carbocycles. The van der Waals surface area contributed by atoms with Crippen molar-refractivity contribution in [3.05, 3.63) is 58.7 Å². The second-order valence-electron chi connectivity index (χ2n) is 3.65. The molecule has 1 aromatic heterocycles. The molecule has 0 atom stereocenters. The van der Waals surface area contributed by atoms with Crippen LogP contribution in [0.3, 0.4) is 0 Å². The van der Waals surface area contributed by atoms with Gasteiger partial charge in [-0.2, -0.15) is 0 Å². The number of nitrogens with one attached hydrogen (secondary N) is 1. The van der Waals surface area contributed by atoms with Crippen LogP contribution in [0.1, 0.15) is 15.9 Å². The molecular formula is C13H11ClN2O. The van der Waals surface area contributed by atoms with Gasteiger partial charge in [0, 0.05) is 6.20 Å². The number of carbonyl (C=O) groups excluding carboxylic acids is 1. The molecule has 17 heavy (non-hydrogen) atoms. The summed E-state index contributed by atoms with van der Waals surface area (Å²) in [6.07, 6.45) is 1.62. The summed E-state index contributed by atoms with van der Waals surface area (Å²) < 4.78 is 0. The highest BCUT2D eigenvalue weighted by Crippen LogP contribution is 2.18. The number of hydrogen-bond donors (Lipinski definition) is 1. The molecule has 0 bridgehead atoms. The standard InChI is InChI=1S/C13H11ClN2O/c1-9-5-6-11(14)10(8-9)13(17)16-12-4-2-3-7-15-12/h2-8H,1H3,(H,15,16,17). The number of amides is 1. The number of carbonyl (C=O) groups is 1. The normalized spacial score (nSPS) is 10.0. The van der Waals surface area contributed by atoms with Gasteiger partial charge in [-0.25, -0.2) is 4.98 Å². The minimum Gasteiger partial charge on any atom is -0.307 e. The molecule has 0 fully saturated rings. The van der Waals surface area contributed by atoms with Crippen molar-refractivity contribution in [3.8, 4) is 0 Å². The Hall–Kier alpha value is -1.87. The molecule has 0 aliphatic heterocycles. The smallest absolute Gasteiger partial charge is 0.258 e. The Morgan fingerprint density at radius 1 is 1.29 bits per heavy atom. The highest BCUT2D eigenvalue weighted by Gasteiger charge is 2.10. The van der Waals surface area contributed by atoms with Gasteiger partial charge in [-0.1, -0.05) is 29.3 Å². The minimum atomic E-state index is -0.252. The first-order valence-corrected chi connectivity index (χ1v) is 5.53. The quantitative estimate of drug-likeness (QED) is 0.884. The van der Waals surface area contributed by atoms with Gasteiger partial charge in [-0.3, -0.25) is 4.79 Å². The second kappa shape index (κ2) is 4.97. The van der Waals surface area contributed by atoms with Crippen molar-refractivity contribution in [1.82, 2.24) is 4.98 Å². The maximum absolute atomic E-state index is 12.0. The lowest BCUT2D eigenvalue weighted by Gasteiger charge is -2.06. The van der Waals surface area contributed by atoms with E-state index in [0.717, 1.165) is 5.56 Å². The molecule has 3 nitrogen and oxygen atoms in total. The zero-order chi connectivity index (χ0) is 12.3. The molecule has 1 amide bonds. The number of aryl methyl sites for hydroxylation is 1. The molecule has 0 saturated heterocycles. The third-order valence-electron chi connectivity index (χ3n) is 2.27. The Morgan fingerprint density at radius 2 is 2.12 bits per heavy atom. The van der Waals surface area contributed by atoms with Gasteiger partial charge in [0.1, 0.15) is 5.82 Å². The summed E-state index contributed by atoms with van der Waals surface area (Å²) in [4.78, 5) is 16.0. The van der Waals surface area contributed by atoms with Crippen LogP contribution in [0.4, 0.5) is 5.82 Å². The van der Waals surface area contributed by atoms with Crippen LogP contribution < -0.4 is 5.32 Å². The van der Waals surface area contributed by atoms with E-state index in [1.54, 1.807) is 36.5 Å². The van der Waals surface area contributed by atoms with Crippen LogP contribution in [0.5, 0.6) is 0 Å². The van der Waals surface area contributed by atoms with Gasteiger partial charge in [-0.05, 0) is 31.2 Å². The molecular weight excluding hydrogens is 236 g/mol. The van der Waals surface area contributed by atoms with Crippen molar-refractivity contribution in [3.63, 3.8) is 0 Å². The van der Waals surface area contributed by atoms with Crippen LogP contribution in [-0.2, 0) is 0 Å². The highest BCUT2D eigenvalue weighted by atomic mass is 35.5. The minimum absolute atomic E-state index is 0.252. The van der Waals surface area contributed by atoms with E-state index >= 15 is 0 Å². The first kappa shape index (κ1) is 11.6. The molecule has 86 valence electrons. The maximum atomic E-state index is 12.0. The number of nitrogens with zero attached hydrogens (tertiary/aromatic N) is 1. The third kappa shape index (κ3) is 2.82. The van der Waals surface area contributed by atoms with E-state index in [1.807, 2.05) is 13.0 Å². The number of rotatable bonds is 2. The molecule has 1 N–H and O–H groups in total. The Bertz CT molecular complexity index is 540. The number of aromatic nitrogens is 1. The molecule has 0 unspecified atom stereocenters. The summed E-state index contributed by atoms with van der Waals surface area (Å²) >= 11 is 5.98. The average molecular weight is 247 g/mol. The zero-order valence-electron chi connectivity index (χ0n) is 9.27. The van der Waals surface area contributed by atoms with Crippen molar-refractivity contribution in [2.24, 2.45) is 0 Å². The molecule has 1 heterocycles. The number of anilines is 1. The van der Waals surface area contributed by atoms with Gasteiger partial charge in [0.15, 0.2) is 0 Å². The molecule has 4 heteroatoms. The van der Waals surface area contributed by atoms with Crippen molar-refractivity contribution >= 4 is 23.3 Å². The number of hydrogen-bond acceptors (Lipinski definition) is 2. The summed E-state index contributed by atoms with van der Waals surface area (Å²) in [6.45, 7) is 1.91. The Morgan fingerprint density at radius 3 is 2.82 bits per heavy atom. The van der Waals surface area contributed by atoms with Crippen molar-refractivity contribution < 1.29 is 4.79 Å². The Balaban J connectivity index is 2.23.